The first kappa shape index (κ1) is 25.4. The van der Waals surface area contributed by atoms with Crippen molar-refractivity contribution in [2.45, 2.75) is 19.3 Å². The van der Waals surface area contributed by atoms with Crippen molar-refractivity contribution in [2.24, 2.45) is 10.9 Å². The highest BCUT2D eigenvalue weighted by molar-refractivity contribution is 14.0. The Labute approximate surface area is 189 Å². The standard InChI is InChI=1S/C19H31N5O4.HI/c1-20-19(22-9-2-12-28-15-16-7-13-27-14-8-16)23-11-10-21-17-3-5-18(6-4-17)24(25)26;/h3-6,16,21H,2,7-15H2,1H3,(H2,20,22,23);1H. The van der Waals surface area contributed by atoms with Crippen LogP contribution >= 0.6 is 24.0 Å². The number of guanidine groups is 1. The molecule has 9 nitrogen and oxygen atoms in total. The van der Waals surface area contributed by atoms with Gasteiger partial charge in [0.2, 0.25) is 0 Å². The zero-order valence-electron chi connectivity index (χ0n) is 16.9. The fraction of sp³-hybridized carbons (Fsp3) is 0.632. The zero-order chi connectivity index (χ0) is 20.0. The lowest BCUT2D eigenvalue weighted by atomic mass is 10.0. The predicted octanol–water partition coefficient (Wildman–Crippen LogP) is 2.62. The van der Waals surface area contributed by atoms with Crippen molar-refractivity contribution in [1.82, 2.24) is 10.6 Å². The Hall–Kier alpha value is -1.66. The molecule has 10 heteroatoms. The van der Waals surface area contributed by atoms with Crippen LogP contribution in [0.25, 0.3) is 0 Å². The van der Waals surface area contributed by atoms with Gasteiger partial charge in [-0.05, 0) is 37.3 Å². The van der Waals surface area contributed by atoms with Gasteiger partial charge in [0.1, 0.15) is 0 Å². The average Bonchev–Trinajstić information content (AvgIpc) is 2.73. The van der Waals surface area contributed by atoms with E-state index in [2.05, 4.69) is 20.9 Å². The van der Waals surface area contributed by atoms with Crippen LogP contribution in [-0.4, -0.2) is 64.0 Å². The van der Waals surface area contributed by atoms with E-state index in [4.69, 9.17) is 9.47 Å². The van der Waals surface area contributed by atoms with Crippen LogP contribution in [0.4, 0.5) is 11.4 Å². The van der Waals surface area contributed by atoms with Crippen molar-refractivity contribution in [3.8, 4) is 0 Å². The first-order valence-electron chi connectivity index (χ1n) is 9.77. The molecule has 164 valence electrons. The van der Waals surface area contributed by atoms with E-state index in [0.29, 0.717) is 19.0 Å². The largest absolute Gasteiger partial charge is 0.383 e. The Morgan fingerprint density at radius 3 is 2.55 bits per heavy atom. The first-order chi connectivity index (χ1) is 13.7. The summed E-state index contributed by atoms with van der Waals surface area (Å²) in [6, 6.07) is 6.37. The summed E-state index contributed by atoms with van der Waals surface area (Å²) in [4.78, 5) is 14.4. The van der Waals surface area contributed by atoms with Crippen molar-refractivity contribution >= 4 is 41.3 Å². The monoisotopic (exact) mass is 521 g/mol. The summed E-state index contributed by atoms with van der Waals surface area (Å²) < 4.78 is 11.1. The van der Waals surface area contributed by atoms with E-state index in [9.17, 15) is 10.1 Å². The summed E-state index contributed by atoms with van der Waals surface area (Å²) in [6.07, 6.45) is 3.12. The van der Waals surface area contributed by atoms with Crippen molar-refractivity contribution in [1.29, 1.82) is 0 Å². The minimum atomic E-state index is -0.406. The molecule has 0 bridgehead atoms. The third-order valence-corrected chi connectivity index (χ3v) is 4.50. The van der Waals surface area contributed by atoms with Gasteiger partial charge in [-0.3, -0.25) is 15.1 Å². The van der Waals surface area contributed by atoms with Crippen molar-refractivity contribution < 1.29 is 14.4 Å². The molecule has 2 rings (SSSR count). The summed E-state index contributed by atoms with van der Waals surface area (Å²) in [5.41, 5.74) is 0.932. The number of rotatable bonds is 11. The number of nitro groups is 1. The Bertz CT molecular complexity index is 609. The molecule has 0 radical (unpaired) electrons. The van der Waals surface area contributed by atoms with E-state index < -0.39 is 4.92 Å². The summed E-state index contributed by atoms with van der Waals surface area (Å²) in [5, 5.41) is 20.3. The van der Waals surface area contributed by atoms with Crippen molar-refractivity contribution in [3.63, 3.8) is 0 Å². The second-order valence-corrected chi connectivity index (χ2v) is 6.64. The molecule has 1 fully saturated rings. The van der Waals surface area contributed by atoms with Gasteiger partial charge in [0.25, 0.3) is 5.69 Å². The van der Waals surface area contributed by atoms with Gasteiger partial charge in [-0.25, -0.2) is 0 Å². The molecule has 0 atom stereocenters. The molecule has 0 saturated carbocycles. The molecule has 1 aromatic rings. The number of aliphatic imine (C=N–C) groups is 1. The Kier molecular flexibility index (Phi) is 13.3. The minimum absolute atomic E-state index is 0. The molecule has 1 aliphatic heterocycles. The lowest BCUT2D eigenvalue weighted by molar-refractivity contribution is -0.384. The Balaban J connectivity index is 0.00000420. The summed E-state index contributed by atoms with van der Waals surface area (Å²) >= 11 is 0. The second kappa shape index (κ2) is 15.2. The maximum Gasteiger partial charge on any atom is 0.269 e. The highest BCUT2D eigenvalue weighted by Gasteiger charge is 2.13. The number of nitrogens with one attached hydrogen (secondary N) is 3. The first-order valence-corrected chi connectivity index (χ1v) is 9.77. The molecule has 3 N–H and O–H groups in total. The van der Waals surface area contributed by atoms with Crippen LogP contribution in [0.3, 0.4) is 0 Å². The third kappa shape index (κ3) is 10.6. The van der Waals surface area contributed by atoms with Crippen molar-refractivity contribution in [3.05, 3.63) is 34.4 Å². The molecule has 1 aromatic carbocycles. The number of hydrogen-bond acceptors (Lipinski definition) is 6. The number of nitro benzene ring substituents is 1. The van der Waals surface area contributed by atoms with Crippen LogP contribution in [0.2, 0.25) is 0 Å². The van der Waals surface area contributed by atoms with E-state index >= 15 is 0 Å². The maximum atomic E-state index is 10.6. The number of anilines is 1. The van der Waals surface area contributed by atoms with E-state index in [1.165, 1.54) is 12.1 Å². The summed E-state index contributed by atoms with van der Waals surface area (Å²) in [6.45, 7) is 5.42. The average molecular weight is 521 g/mol. The Morgan fingerprint density at radius 1 is 1.21 bits per heavy atom. The number of non-ortho nitro benzene ring substituents is 1. The van der Waals surface area contributed by atoms with Crippen LogP contribution in [-0.2, 0) is 9.47 Å². The van der Waals surface area contributed by atoms with Gasteiger partial charge < -0.3 is 25.4 Å². The molecule has 1 saturated heterocycles. The number of benzene rings is 1. The van der Waals surface area contributed by atoms with E-state index in [1.54, 1.807) is 19.2 Å². The highest BCUT2D eigenvalue weighted by atomic mass is 127. The molecule has 29 heavy (non-hydrogen) atoms. The fourth-order valence-electron chi connectivity index (χ4n) is 2.85. The third-order valence-electron chi connectivity index (χ3n) is 4.50. The normalized spacial score (nSPS) is 14.7. The second-order valence-electron chi connectivity index (χ2n) is 6.64. The molecule has 1 aliphatic rings. The number of ether oxygens (including phenoxy) is 2. The smallest absolute Gasteiger partial charge is 0.269 e. The molecular formula is C19H32IN5O4. The summed E-state index contributed by atoms with van der Waals surface area (Å²) in [5.74, 6) is 1.38. The molecule has 0 amide bonds. The van der Waals surface area contributed by atoms with Crippen LogP contribution < -0.4 is 16.0 Å². The lowest BCUT2D eigenvalue weighted by Crippen LogP contribution is -2.40. The maximum absolute atomic E-state index is 10.6. The number of nitrogens with zero attached hydrogens (tertiary/aromatic N) is 2. The topological polar surface area (TPSA) is 110 Å². The molecule has 0 unspecified atom stereocenters. The zero-order valence-corrected chi connectivity index (χ0v) is 19.2. The van der Waals surface area contributed by atoms with Gasteiger partial charge in [-0.15, -0.1) is 24.0 Å². The molecule has 0 aromatic heterocycles. The van der Waals surface area contributed by atoms with Gasteiger partial charge >= 0.3 is 0 Å². The lowest BCUT2D eigenvalue weighted by Gasteiger charge is -2.21. The SMILES string of the molecule is CN=C(NCCCOCC1CCOCC1)NCCNc1ccc([N+](=O)[O-])cc1.I. The van der Waals surface area contributed by atoms with Crippen LogP contribution in [0.1, 0.15) is 19.3 Å². The molecular weight excluding hydrogens is 489 g/mol. The molecule has 0 spiro atoms. The number of hydrogen-bond donors (Lipinski definition) is 3. The highest BCUT2D eigenvalue weighted by Crippen LogP contribution is 2.15. The van der Waals surface area contributed by atoms with Crippen LogP contribution in [0.15, 0.2) is 29.3 Å². The van der Waals surface area contributed by atoms with Gasteiger partial charge in [0.15, 0.2) is 5.96 Å². The van der Waals surface area contributed by atoms with Crippen LogP contribution in [0, 0.1) is 16.0 Å². The van der Waals surface area contributed by atoms with Gasteiger partial charge in [0, 0.05) is 70.9 Å². The predicted molar refractivity (Wildman–Crippen MR) is 125 cm³/mol. The molecule has 0 aliphatic carbocycles. The number of halogens is 1. The van der Waals surface area contributed by atoms with Crippen LogP contribution in [0.5, 0.6) is 0 Å². The minimum Gasteiger partial charge on any atom is -0.383 e. The van der Waals surface area contributed by atoms with Gasteiger partial charge in [0.05, 0.1) is 4.92 Å². The summed E-state index contributed by atoms with van der Waals surface area (Å²) in [7, 11) is 1.74. The molecule has 1 heterocycles. The van der Waals surface area contributed by atoms with E-state index in [-0.39, 0.29) is 29.7 Å². The fourth-order valence-corrected chi connectivity index (χ4v) is 2.85. The van der Waals surface area contributed by atoms with Gasteiger partial charge in [-0.2, -0.15) is 0 Å². The van der Waals surface area contributed by atoms with E-state index in [1.807, 2.05) is 0 Å². The quantitative estimate of drug-likeness (QED) is 0.103. The van der Waals surface area contributed by atoms with Crippen molar-refractivity contribution in [2.75, 3.05) is 58.4 Å². The Morgan fingerprint density at radius 2 is 1.90 bits per heavy atom. The van der Waals surface area contributed by atoms with E-state index in [0.717, 1.165) is 63.9 Å². The van der Waals surface area contributed by atoms with Gasteiger partial charge in [-0.1, -0.05) is 0 Å².